The van der Waals surface area contributed by atoms with Crippen molar-refractivity contribution in [3.8, 4) is 11.8 Å². The van der Waals surface area contributed by atoms with Crippen LogP contribution in [0.3, 0.4) is 0 Å². The zero-order valence-corrected chi connectivity index (χ0v) is 17.5. The summed E-state index contributed by atoms with van der Waals surface area (Å²) in [6.07, 6.45) is 2.95. The molecule has 1 aliphatic heterocycles. The predicted octanol–water partition coefficient (Wildman–Crippen LogP) is 3.33. The lowest BCUT2D eigenvalue weighted by Gasteiger charge is -2.32. The number of nitrogens with one attached hydrogen (secondary N) is 1. The molecule has 1 saturated heterocycles. The van der Waals surface area contributed by atoms with Crippen LogP contribution in [-0.2, 0) is 11.2 Å². The highest BCUT2D eigenvalue weighted by molar-refractivity contribution is 5.77. The fourth-order valence-electron chi connectivity index (χ4n) is 3.87. The minimum atomic E-state index is -0.478. The molecule has 164 valence electrons. The van der Waals surface area contributed by atoms with Crippen molar-refractivity contribution in [1.29, 1.82) is 5.26 Å². The van der Waals surface area contributed by atoms with Crippen molar-refractivity contribution in [2.75, 3.05) is 13.1 Å². The lowest BCUT2D eigenvalue weighted by molar-refractivity contribution is -0.133. The van der Waals surface area contributed by atoms with Crippen LogP contribution in [0.1, 0.15) is 37.1 Å². The van der Waals surface area contributed by atoms with E-state index < -0.39 is 5.82 Å². The Balaban J connectivity index is 1.24. The summed E-state index contributed by atoms with van der Waals surface area (Å²) >= 11 is 0. The first-order valence-corrected chi connectivity index (χ1v) is 10.6. The van der Waals surface area contributed by atoms with Crippen LogP contribution in [0.5, 0.6) is 5.75 Å². The van der Waals surface area contributed by atoms with Gasteiger partial charge in [-0.2, -0.15) is 5.26 Å². The standard InChI is InChI=1S/C24H23FN4O3/c25-17-6-9-21-20(14-17)24(31)28-22(27-21)2-1-3-23(30)29-12-10-19(11-13-29)32-18-7-4-16(15-26)5-8-18/h4-9,14,19H,1-3,10-13H2,(H,27,28,31). The number of carbonyl (C=O) groups is 1. The number of likely N-dealkylation sites (tertiary alicyclic amines) is 1. The highest BCUT2D eigenvalue weighted by Gasteiger charge is 2.23. The van der Waals surface area contributed by atoms with Crippen LogP contribution in [-0.4, -0.2) is 40.0 Å². The van der Waals surface area contributed by atoms with Gasteiger partial charge in [0.2, 0.25) is 5.91 Å². The van der Waals surface area contributed by atoms with E-state index in [-0.39, 0.29) is 23.0 Å². The van der Waals surface area contributed by atoms with Crippen molar-refractivity contribution in [3.63, 3.8) is 0 Å². The van der Waals surface area contributed by atoms with Gasteiger partial charge in [-0.05, 0) is 48.9 Å². The summed E-state index contributed by atoms with van der Waals surface area (Å²) < 4.78 is 19.3. The first-order valence-electron chi connectivity index (χ1n) is 10.6. The molecular formula is C24H23FN4O3. The Morgan fingerprint density at radius 1 is 1.22 bits per heavy atom. The van der Waals surface area contributed by atoms with Crippen molar-refractivity contribution in [2.45, 2.75) is 38.2 Å². The Bertz CT molecular complexity index is 1210. The number of aromatic amines is 1. The number of halogens is 1. The summed E-state index contributed by atoms with van der Waals surface area (Å²) in [4.78, 5) is 33.6. The van der Waals surface area contributed by atoms with Crippen molar-refractivity contribution in [3.05, 3.63) is 70.0 Å². The number of carbonyl (C=O) groups excluding carboxylic acids is 1. The number of nitrogens with zero attached hydrogens (tertiary/aromatic N) is 3. The number of benzene rings is 2. The van der Waals surface area contributed by atoms with Crippen LogP contribution >= 0.6 is 0 Å². The first-order chi connectivity index (χ1) is 15.5. The molecule has 0 radical (unpaired) electrons. The van der Waals surface area contributed by atoms with Gasteiger partial charge in [-0.3, -0.25) is 9.59 Å². The van der Waals surface area contributed by atoms with Gasteiger partial charge in [0.25, 0.3) is 5.56 Å². The average Bonchev–Trinajstić information content (AvgIpc) is 2.80. The van der Waals surface area contributed by atoms with Crippen LogP contribution < -0.4 is 10.3 Å². The van der Waals surface area contributed by atoms with Gasteiger partial charge in [0.15, 0.2) is 0 Å². The molecule has 0 spiro atoms. The van der Waals surface area contributed by atoms with Crippen molar-refractivity contribution >= 4 is 16.8 Å². The van der Waals surface area contributed by atoms with Gasteiger partial charge < -0.3 is 14.6 Å². The second-order valence-corrected chi connectivity index (χ2v) is 7.86. The molecule has 1 fully saturated rings. The third-order valence-corrected chi connectivity index (χ3v) is 5.60. The highest BCUT2D eigenvalue weighted by atomic mass is 19.1. The lowest BCUT2D eigenvalue weighted by Crippen LogP contribution is -2.41. The fraction of sp³-hybridized carbons (Fsp3) is 0.333. The van der Waals surface area contributed by atoms with E-state index in [1.54, 1.807) is 24.3 Å². The number of rotatable bonds is 6. The molecule has 4 rings (SSSR count). The van der Waals surface area contributed by atoms with Gasteiger partial charge in [-0.25, -0.2) is 9.37 Å². The molecule has 2 aromatic carbocycles. The topological polar surface area (TPSA) is 99.1 Å². The third-order valence-electron chi connectivity index (χ3n) is 5.60. The van der Waals surface area contributed by atoms with Crippen LogP contribution in [0.2, 0.25) is 0 Å². The zero-order valence-electron chi connectivity index (χ0n) is 17.5. The minimum absolute atomic E-state index is 0.0451. The Kier molecular flexibility index (Phi) is 6.45. The molecule has 0 unspecified atom stereocenters. The number of fused-ring (bicyclic) bond motifs is 1. The number of hydrogen-bond acceptors (Lipinski definition) is 5. The summed E-state index contributed by atoms with van der Waals surface area (Å²) in [6, 6.07) is 13.0. The molecule has 1 aliphatic rings. The number of piperidine rings is 1. The van der Waals surface area contributed by atoms with E-state index in [0.717, 1.165) is 18.6 Å². The van der Waals surface area contributed by atoms with E-state index in [0.29, 0.717) is 49.3 Å². The smallest absolute Gasteiger partial charge is 0.258 e. The largest absolute Gasteiger partial charge is 0.490 e. The van der Waals surface area contributed by atoms with Crippen LogP contribution in [0, 0.1) is 17.1 Å². The molecule has 1 aromatic heterocycles. The number of nitriles is 1. The average molecular weight is 434 g/mol. The zero-order chi connectivity index (χ0) is 22.5. The van der Waals surface area contributed by atoms with E-state index in [1.807, 2.05) is 4.90 Å². The van der Waals surface area contributed by atoms with Crippen molar-refractivity contribution < 1.29 is 13.9 Å². The maximum absolute atomic E-state index is 13.3. The summed E-state index contributed by atoms with van der Waals surface area (Å²) in [5, 5.41) is 9.08. The molecule has 0 atom stereocenters. The molecule has 32 heavy (non-hydrogen) atoms. The molecule has 1 N–H and O–H groups in total. The van der Waals surface area contributed by atoms with E-state index in [9.17, 15) is 14.0 Å². The molecule has 0 saturated carbocycles. The fourth-order valence-corrected chi connectivity index (χ4v) is 3.87. The Morgan fingerprint density at radius 2 is 1.97 bits per heavy atom. The molecule has 0 bridgehead atoms. The quantitative estimate of drug-likeness (QED) is 0.642. The lowest BCUT2D eigenvalue weighted by atomic mass is 10.1. The molecule has 3 aromatic rings. The second-order valence-electron chi connectivity index (χ2n) is 7.86. The van der Waals surface area contributed by atoms with Crippen molar-refractivity contribution in [1.82, 2.24) is 14.9 Å². The maximum atomic E-state index is 13.3. The molecule has 2 heterocycles. The highest BCUT2D eigenvalue weighted by Crippen LogP contribution is 2.20. The molecule has 8 heteroatoms. The van der Waals surface area contributed by atoms with E-state index in [2.05, 4.69) is 16.0 Å². The molecule has 7 nitrogen and oxygen atoms in total. The second kappa shape index (κ2) is 9.60. The third kappa shape index (κ3) is 5.11. The van der Waals surface area contributed by atoms with E-state index >= 15 is 0 Å². The Labute approximate surface area is 184 Å². The van der Waals surface area contributed by atoms with Gasteiger partial charge in [-0.15, -0.1) is 0 Å². The Morgan fingerprint density at radius 3 is 2.69 bits per heavy atom. The normalized spacial score (nSPS) is 14.3. The van der Waals surface area contributed by atoms with Gasteiger partial charge in [0.1, 0.15) is 23.5 Å². The van der Waals surface area contributed by atoms with Crippen LogP contribution in [0.25, 0.3) is 10.9 Å². The first kappa shape index (κ1) is 21.5. The SMILES string of the molecule is N#Cc1ccc(OC2CCN(C(=O)CCCc3nc4ccc(F)cc4c(=O)[nH]3)CC2)cc1. The predicted molar refractivity (Wildman–Crippen MR) is 117 cm³/mol. The number of ether oxygens (including phenoxy) is 1. The number of aryl methyl sites for hydroxylation is 1. The number of hydrogen-bond donors (Lipinski definition) is 1. The molecule has 0 aliphatic carbocycles. The monoisotopic (exact) mass is 434 g/mol. The van der Waals surface area contributed by atoms with Gasteiger partial charge in [0, 0.05) is 38.8 Å². The number of aromatic nitrogens is 2. The number of H-pyrrole nitrogens is 1. The summed E-state index contributed by atoms with van der Waals surface area (Å²) in [5.74, 6) is 0.825. The number of amides is 1. The van der Waals surface area contributed by atoms with Gasteiger partial charge in [0.05, 0.1) is 22.5 Å². The van der Waals surface area contributed by atoms with Crippen LogP contribution in [0.15, 0.2) is 47.3 Å². The minimum Gasteiger partial charge on any atom is -0.490 e. The maximum Gasteiger partial charge on any atom is 0.258 e. The van der Waals surface area contributed by atoms with Crippen LogP contribution in [0.4, 0.5) is 4.39 Å². The molecule has 1 amide bonds. The van der Waals surface area contributed by atoms with Gasteiger partial charge in [-0.1, -0.05) is 0 Å². The van der Waals surface area contributed by atoms with Gasteiger partial charge >= 0.3 is 0 Å². The van der Waals surface area contributed by atoms with E-state index in [1.165, 1.54) is 18.2 Å². The molecular weight excluding hydrogens is 411 g/mol. The Hall–Kier alpha value is -3.73. The van der Waals surface area contributed by atoms with E-state index in [4.69, 9.17) is 10.00 Å². The summed E-state index contributed by atoms with van der Waals surface area (Å²) in [7, 11) is 0. The van der Waals surface area contributed by atoms with Crippen molar-refractivity contribution in [2.24, 2.45) is 0 Å². The summed E-state index contributed by atoms with van der Waals surface area (Å²) in [6.45, 7) is 1.27. The summed E-state index contributed by atoms with van der Waals surface area (Å²) in [5.41, 5.74) is 0.663.